The van der Waals surface area contributed by atoms with E-state index < -0.39 is 5.92 Å². The van der Waals surface area contributed by atoms with Crippen molar-refractivity contribution in [1.29, 1.82) is 0 Å². The molecule has 0 saturated carbocycles. The summed E-state index contributed by atoms with van der Waals surface area (Å²) in [5, 5.41) is 0.572. The van der Waals surface area contributed by atoms with E-state index in [2.05, 4.69) is 15.9 Å². The summed E-state index contributed by atoms with van der Waals surface area (Å²) in [6.07, 6.45) is 0. The predicted molar refractivity (Wildman–Crippen MR) is 72.9 cm³/mol. The van der Waals surface area contributed by atoms with E-state index in [-0.39, 0.29) is 5.97 Å². The van der Waals surface area contributed by atoms with Gasteiger partial charge in [0.25, 0.3) is 0 Å². The number of hydrogen-bond donors (Lipinski definition) is 0. The van der Waals surface area contributed by atoms with Crippen LogP contribution in [0.15, 0.2) is 20.7 Å². The fraction of sp³-hybridized carbons (Fsp3) is 0.455. The van der Waals surface area contributed by atoms with Crippen molar-refractivity contribution in [2.75, 3.05) is 6.61 Å². The van der Waals surface area contributed by atoms with E-state index in [1.807, 2.05) is 13.8 Å². The van der Waals surface area contributed by atoms with Gasteiger partial charge in [0.05, 0.1) is 11.6 Å². The van der Waals surface area contributed by atoms with E-state index in [1.54, 1.807) is 6.92 Å². The Kier molecular flexibility index (Phi) is 4.71. The van der Waals surface area contributed by atoms with Crippen LogP contribution in [0.4, 0.5) is 0 Å². The summed E-state index contributed by atoms with van der Waals surface area (Å²) in [6.45, 7) is 5.75. The molecule has 0 amide bonds. The summed E-state index contributed by atoms with van der Waals surface area (Å²) in [5.41, 5.74) is 1.56. The van der Waals surface area contributed by atoms with Crippen molar-refractivity contribution in [3.63, 3.8) is 0 Å². The Bertz CT molecular complexity index is 412. The normalized spacial score (nSPS) is 21.6. The Morgan fingerprint density at radius 3 is 2.62 bits per heavy atom. The molecule has 0 radical (unpaired) electrons. The molecule has 0 aliphatic heterocycles. The van der Waals surface area contributed by atoms with Crippen LogP contribution in [0.5, 0.6) is 0 Å². The summed E-state index contributed by atoms with van der Waals surface area (Å²) >= 11 is 14.7. The first kappa shape index (κ1) is 13.9. The topological polar surface area (TPSA) is 26.3 Å². The van der Waals surface area contributed by atoms with Gasteiger partial charge in [-0.05, 0) is 47.8 Å². The van der Waals surface area contributed by atoms with Gasteiger partial charge in [-0.2, -0.15) is 0 Å². The van der Waals surface area contributed by atoms with Gasteiger partial charge in [0, 0.05) is 9.35 Å². The van der Waals surface area contributed by atoms with Crippen LogP contribution in [0.3, 0.4) is 0 Å². The molecule has 5 heteroatoms. The van der Waals surface area contributed by atoms with Crippen molar-refractivity contribution in [2.24, 2.45) is 5.92 Å². The van der Waals surface area contributed by atoms with Gasteiger partial charge in [-0.1, -0.05) is 23.8 Å². The van der Waals surface area contributed by atoms with Crippen LogP contribution in [0, 0.1) is 5.92 Å². The molecule has 2 nitrogen and oxygen atoms in total. The fourth-order valence-corrected chi connectivity index (χ4v) is 2.70. The number of halogens is 2. The molecular weight excluding hydrogens is 312 g/mol. The predicted octanol–water partition coefficient (Wildman–Crippen LogP) is 3.73. The van der Waals surface area contributed by atoms with Gasteiger partial charge in [0.1, 0.15) is 5.92 Å². The minimum absolute atomic E-state index is 0.314. The maximum absolute atomic E-state index is 11.8. The minimum atomic E-state index is -0.494. The highest BCUT2D eigenvalue weighted by Gasteiger charge is 2.33. The van der Waals surface area contributed by atoms with Gasteiger partial charge in [-0.25, -0.2) is 0 Å². The van der Waals surface area contributed by atoms with Gasteiger partial charge in [-0.3, -0.25) is 4.79 Å². The SMILES string of the molecule is CCOC(=O)C1C(=S)C(C)=C(Cl)C(Br)=C1C. The highest BCUT2D eigenvalue weighted by molar-refractivity contribution is 9.12. The van der Waals surface area contributed by atoms with Crippen molar-refractivity contribution in [2.45, 2.75) is 20.8 Å². The third-order valence-corrected chi connectivity index (χ3v) is 4.72. The van der Waals surface area contributed by atoms with E-state index >= 15 is 0 Å². The summed E-state index contributed by atoms with van der Waals surface area (Å²) < 4.78 is 5.74. The van der Waals surface area contributed by atoms with Crippen molar-refractivity contribution in [1.82, 2.24) is 0 Å². The molecule has 0 aromatic carbocycles. The molecule has 1 atom stereocenters. The minimum Gasteiger partial charge on any atom is -0.465 e. The molecule has 0 heterocycles. The van der Waals surface area contributed by atoms with Gasteiger partial charge in [-0.15, -0.1) is 0 Å². The van der Waals surface area contributed by atoms with Crippen LogP contribution < -0.4 is 0 Å². The summed E-state index contributed by atoms with van der Waals surface area (Å²) in [7, 11) is 0. The van der Waals surface area contributed by atoms with E-state index in [0.717, 1.165) is 15.6 Å². The first-order chi connectivity index (χ1) is 7.41. The smallest absolute Gasteiger partial charge is 0.318 e. The Labute approximate surface area is 114 Å². The third-order valence-electron chi connectivity index (χ3n) is 2.46. The first-order valence-corrected chi connectivity index (χ1v) is 6.43. The molecule has 1 aliphatic carbocycles. The lowest BCUT2D eigenvalue weighted by atomic mass is 9.88. The molecule has 88 valence electrons. The molecule has 0 N–H and O–H groups in total. The van der Waals surface area contributed by atoms with Gasteiger partial charge in [0.15, 0.2) is 0 Å². The van der Waals surface area contributed by atoms with Crippen LogP contribution in [-0.2, 0) is 9.53 Å². The van der Waals surface area contributed by atoms with E-state index in [1.165, 1.54) is 0 Å². The van der Waals surface area contributed by atoms with Crippen LogP contribution in [0.1, 0.15) is 20.8 Å². The second-order valence-electron chi connectivity index (χ2n) is 3.49. The van der Waals surface area contributed by atoms with Crippen molar-refractivity contribution < 1.29 is 9.53 Å². The van der Waals surface area contributed by atoms with Crippen LogP contribution >= 0.6 is 39.7 Å². The van der Waals surface area contributed by atoms with Gasteiger partial charge < -0.3 is 4.74 Å². The molecule has 16 heavy (non-hydrogen) atoms. The standard InChI is InChI=1S/C11H12BrClO2S/c1-4-15-11(14)7-5(2)8(12)9(13)6(3)10(7)16/h7H,4H2,1-3H3. The van der Waals surface area contributed by atoms with Crippen molar-refractivity contribution in [3.05, 3.63) is 20.7 Å². The number of thiocarbonyl (C=S) groups is 1. The zero-order chi connectivity index (χ0) is 12.5. The van der Waals surface area contributed by atoms with Crippen LogP contribution in [0.25, 0.3) is 0 Å². The summed E-state index contributed by atoms with van der Waals surface area (Å²) in [6, 6.07) is 0. The number of carbonyl (C=O) groups excluding carboxylic acids is 1. The Morgan fingerprint density at radius 2 is 2.12 bits per heavy atom. The number of carbonyl (C=O) groups is 1. The average Bonchev–Trinajstić information content (AvgIpc) is 2.24. The van der Waals surface area contributed by atoms with E-state index in [0.29, 0.717) is 16.5 Å². The highest BCUT2D eigenvalue weighted by Crippen LogP contribution is 2.38. The second-order valence-corrected chi connectivity index (χ2v) is 5.10. The van der Waals surface area contributed by atoms with E-state index in [4.69, 9.17) is 28.6 Å². The molecule has 0 aromatic heterocycles. The maximum atomic E-state index is 11.8. The molecule has 0 aromatic rings. The van der Waals surface area contributed by atoms with E-state index in [9.17, 15) is 4.79 Å². The fourth-order valence-electron chi connectivity index (χ4n) is 1.50. The molecule has 0 fully saturated rings. The zero-order valence-electron chi connectivity index (χ0n) is 9.27. The molecule has 0 bridgehead atoms. The van der Waals surface area contributed by atoms with Crippen molar-refractivity contribution in [3.8, 4) is 0 Å². The number of ether oxygens (including phenoxy) is 1. The molecule has 1 rings (SSSR count). The largest absolute Gasteiger partial charge is 0.465 e. The third kappa shape index (κ3) is 2.39. The summed E-state index contributed by atoms with van der Waals surface area (Å²) in [5.74, 6) is -0.808. The maximum Gasteiger partial charge on any atom is 0.318 e. The monoisotopic (exact) mass is 322 g/mol. The van der Waals surface area contributed by atoms with Crippen LogP contribution in [-0.4, -0.2) is 17.4 Å². The first-order valence-electron chi connectivity index (χ1n) is 4.85. The molecule has 0 saturated heterocycles. The lowest BCUT2D eigenvalue weighted by molar-refractivity contribution is -0.144. The molecular formula is C11H12BrClO2S. The Morgan fingerprint density at radius 1 is 1.56 bits per heavy atom. The molecule has 1 aliphatic rings. The average molecular weight is 324 g/mol. The van der Waals surface area contributed by atoms with Crippen molar-refractivity contribution >= 4 is 50.6 Å². The number of esters is 1. The zero-order valence-corrected chi connectivity index (χ0v) is 12.4. The summed E-state index contributed by atoms with van der Waals surface area (Å²) in [4.78, 5) is 12.3. The number of rotatable bonds is 2. The molecule has 1 unspecified atom stereocenters. The Balaban J connectivity index is 3.16. The Hall–Kier alpha value is -0.190. The van der Waals surface area contributed by atoms with Crippen LogP contribution in [0.2, 0.25) is 0 Å². The van der Waals surface area contributed by atoms with Gasteiger partial charge >= 0.3 is 5.97 Å². The second kappa shape index (κ2) is 5.43. The quantitative estimate of drug-likeness (QED) is 0.572. The number of allylic oxidation sites excluding steroid dienone is 3. The lowest BCUT2D eigenvalue weighted by Gasteiger charge is -2.24. The highest BCUT2D eigenvalue weighted by atomic mass is 79.9. The lowest BCUT2D eigenvalue weighted by Crippen LogP contribution is -2.29. The number of hydrogen-bond acceptors (Lipinski definition) is 3. The van der Waals surface area contributed by atoms with Gasteiger partial charge in [0.2, 0.25) is 0 Å². The molecule has 0 spiro atoms.